The van der Waals surface area contributed by atoms with Gasteiger partial charge < -0.3 is 4.74 Å². The van der Waals surface area contributed by atoms with E-state index >= 15 is 0 Å². The molecule has 0 spiro atoms. The highest BCUT2D eigenvalue weighted by atomic mass is 16.5. The van der Waals surface area contributed by atoms with Gasteiger partial charge in [0.1, 0.15) is 11.2 Å². The fourth-order valence-corrected chi connectivity index (χ4v) is 3.17. The van der Waals surface area contributed by atoms with Crippen LogP contribution in [0.15, 0.2) is 24.3 Å². The van der Waals surface area contributed by atoms with E-state index in [4.69, 9.17) is 4.74 Å². The van der Waals surface area contributed by atoms with Gasteiger partial charge in [0.05, 0.1) is 6.61 Å². The molecule has 3 nitrogen and oxygen atoms in total. The monoisotopic (exact) mass is 244 g/mol. The number of ketones is 1. The first-order valence-electron chi connectivity index (χ1n) is 6.39. The molecule has 0 aromatic heterocycles. The molecular formula is C15H16O3. The van der Waals surface area contributed by atoms with Gasteiger partial charge in [0.25, 0.3) is 0 Å². The summed E-state index contributed by atoms with van der Waals surface area (Å²) in [5.74, 6) is -0.0375. The molecular weight excluding hydrogens is 228 g/mol. The van der Waals surface area contributed by atoms with E-state index < -0.39 is 5.41 Å². The van der Waals surface area contributed by atoms with Crippen LogP contribution in [0, 0.1) is 5.41 Å². The Morgan fingerprint density at radius 1 is 1.44 bits per heavy atom. The molecule has 1 heterocycles. The molecule has 1 aromatic carbocycles. The lowest BCUT2D eigenvalue weighted by Crippen LogP contribution is -2.37. The normalized spacial score (nSPS) is 29.4. The molecule has 2 aliphatic rings. The van der Waals surface area contributed by atoms with Gasteiger partial charge in [0.15, 0.2) is 0 Å². The summed E-state index contributed by atoms with van der Waals surface area (Å²) in [6, 6.07) is 8.24. The average Bonchev–Trinajstić information content (AvgIpc) is 2.69. The number of fused-ring (bicyclic) bond motifs is 1. The summed E-state index contributed by atoms with van der Waals surface area (Å²) in [6.45, 7) is 1.89. The van der Waals surface area contributed by atoms with Gasteiger partial charge in [-0.15, -0.1) is 0 Å². The topological polar surface area (TPSA) is 43.4 Å². The molecule has 0 amide bonds. The van der Waals surface area contributed by atoms with Gasteiger partial charge in [-0.1, -0.05) is 24.3 Å². The van der Waals surface area contributed by atoms with E-state index in [9.17, 15) is 9.59 Å². The number of rotatable bonds is 3. The minimum absolute atomic E-state index is 0.0469. The van der Waals surface area contributed by atoms with Gasteiger partial charge in [-0.2, -0.15) is 0 Å². The Bertz CT molecular complexity index is 520. The first kappa shape index (κ1) is 11.5. The number of esters is 1. The van der Waals surface area contributed by atoms with Crippen LogP contribution in [-0.4, -0.2) is 18.4 Å². The molecule has 0 bridgehead atoms. The van der Waals surface area contributed by atoms with Crippen LogP contribution in [0.1, 0.15) is 36.8 Å². The van der Waals surface area contributed by atoms with Crippen LogP contribution in [0.5, 0.6) is 0 Å². The van der Waals surface area contributed by atoms with Crippen molar-refractivity contribution in [2.45, 2.75) is 32.1 Å². The van der Waals surface area contributed by atoms with Crippen LogP contribution in [0.4, 0.5) is 0 Å². The van der Waals surface area contributed by atoms with Crippen LogP contribution >= 0.6 is 0 Å². The highest BCUT2D eigenvalue weighted by Gasteiger charge is 2.51. The zero-order valence-electron chi connectivity index (χ0n) is 10.4. The van der Waals surface area contributed by atoms with Gasteiger partial charge in [0, 0.05) is 6.42 Å². The second kappa shape index (κ2) is 3.94. The standard InChI is InChI=1S/C15H16O3/c1-10(16)15(6-7-18-14(15)17)9-12-8-11-4-2-3-5-13(11)12/h2-5,12H,6-9H2,1H3. The van der Waals surface area contributed by atoms with Crippen molar-refractivity contribution in [3.05, 3.63) is 35.4 Å². The Balaban J connectivity index is 1.85. The van der Waals surface area contributed by atoms with Gasteiger partial charge >= 0.3 is 5.97 Å². The summed E-state index contributed by atoms with van der Waals surface area (Å²) in [4.78, 5) is 23.7. The van der Waals surface area contributed by atoms with E-state index in [0.29, 0.717) is 25.4 Å². The zero-order chi connectivity index (χ0) is 12.8. The van der Waals surface area contributed by atoms with E-state index in [1.807, 2.05) is 12.1 Å². The maximum absolute atomic E-state index is 11.9. The third-order valence-electron chi connectivity index (χ3n) is 4.38. The van der Waals surface area contributed by atoms with Crippen molar-refractivity contribution in [2.75, 3.05) is 6.61 Å². The minimum Gasteiger partial charge on any atom is -0.465 e. The predicted octanol–water partition coefficient (Wildman–Crippen LogP) is 2.24. The Kier molecular flexibility index (Phi) is 2.51. The molecule has 1 aliphatic heterocycles. The van der Waals surface area contributed by atoms with Gasteiger partial charge in [-0.05, 0) is 36.8 Å². The number of benzene rings is 1. The van der Waals surface area contributed by atoms with Crippen LogP contribution in [0.2, 0.25) is 0 Å². The van der Waals surface area contributed by atoms with Gasteiger partial charge in [-0.25, -0.2) is 0 Å². The summed E-state index contributed by atoms with van der Waals surface area (Å²) in [7, 11) is 0. The third kappa shape index (κ3) is 1.50. The molecule has 1 aromatic rings. The number of hydrogen-bond acceptors (Lipinski definition) is 3. The number of ether oxygens (including phenoxy) is 1. The van der Waals surface area contributed by atoms with Crippen molar-refractivity contribution >= 4 is 11.8 Å². The lowest BCUT2D eigenvalue weighted by molar-refractivity contribution is -0.151. The molecule has 1 aliphatic carbocycles. The van der Waals surface area contributed by atoms with E-state index in [0.717, 1.165) is 6.42 Å². The maximum atomic E-state index is 11.9. The second-order valence-corrected chi connectivity index (χ2v) is 5.33. The Labute approximate surface area is 106 Å². The van der Waals surface area contributed by atoms with E-state index in [-0.39, 0.29) is 11.8 Å². The van der Waals surface area contributed by atoms with E-state index in [2.05, 4.69) is 12.1 Å². The minimum atomic E-state index is -0.877. The first-order chi connectivity index (χ1) is 8.63. The van der Waals surface area contributed by atoms with Gasteiger partial charge in [-0.3, -0.25) is 9.59 Å². The predicted molar refractivity (Wildman–Crippen MR) is 66.2 cm³/mol. The fraction of sp³-hybridized carbons (Fsp3) is 0.467. The Morgan fingerprint density at radius 2 is 2.22 bits per heavy atom. The number of carbonyl (C=O) groups is 2. The van der Waals surface area contributed by atoms with E-state index in [1.165, 1.54) is 18.1 Å². The Hall–Kier alpha value is -1.64. The van der Waals surface area contributed by atoms with Crippen LogP contribution in [-0.2, 0) is 20.7 Å². The smallest absolute Gasteiger partial charge is 0.319 e. The van der Waals surface area contributed by atoms with Crippen molar-refractivity contribution in [1.29, 1.82) is 0 Å². The second-order valence-electron chi connectivity index (χ2n) is 5.33. The molecule has 0 saturated carbocycles. The molecule has 3 heteroatoms. The average molecular weight is 244 g/mol. The number of hydrogen-bond donors (Lipinski definition) is 0. The number of cyclic esters (lactones) is 1. The maximum Gasteiger partial charge on any atom is 0.319 e. The Morgan fingerprint density at radius 3 is 2.83 bits per heavy atom. The van der Waals surface area contributed by atoms with Crippen LogP contribution in [0.25, 0.3) is 0 Å². The summed E-state index contributed by atoms with van der Waals surface area (Å²) in [5.41, 5.74) is 1.75. The highest BCUT2D eigenvalue weighted by Crippen LogP contribution is 2.46. The van der Waals surface area contributed by atoms with Crippen molar-refractivity contribution < 1.29 is 14.3 Å². The third-order valence-corrected chi connectivity index (χ3v) is 4.38. The molecule has 18 heavy (non-hydrogen) atoms. The largest absolute Gasteiger partial charge is 0.465 e. The van der Waals surface area contributed by atoms with Crippen LogP contribution in [0.3, 0.4) is 0 Å². The lowest BCUT2D eigenvalue weighted by Gasteiger charge is -2.35. The summed E-state index contributed by atoms with van der Waals surface area (Å²) in [6.07, 6.45) is 2.12. The van der Waals surface area contributed by atoms with Crippen molar-refractivity contribution in [3.63, 3.8) is 0 Å². The molecule has 94 valence electrons. The molecule has 3 rings (SSSR count). The number of carbonyl (C=O) groups excluding carboxylic acids is 2. The van der Waals surface area contributed by atoms with Gasteiger partial charge in [0.2, 0.25) is 0 Å². The van der Waals surface area contributed by atoms with E-state index in [1.54, 1.807) is 0 Å². The van der Waals surface area contributed by atoms with Crippen LogP contribution < -0.4 is 0 Å². The molecule has 1 fully saturated rings. The molecule has 1 saturated heterocycles. The first-order valence-corrected chi connectivity index (χ1v) is 6.39. The fourth-order valence-electron chi connectivity index (χ4n) is 3.17. The lowest BCUT2D eigenvalue weighted by atomic mass is 9.66. The molecule has 2 unspecified atom stereocenters. The highest BCUT2D eigenvalue weighted by molar-refractivity contribution is 6.03. The van der Waals surface area contributed by atoms with Crippen molar-refractivity contribution in [1.82, 2.24) is 0 Å². The van der Waals surface area contributed by atoms with Crippen molar-refractivity contribution in [3.8, 4) is 0 Å². The zero-order valence-corrected chi connectivity index (χ0v) is 10.4. The SMILES string of the molecule is CC(=O)C1(CC2Cc3ccccc32)CCOC1=O. The molecule has 0 N–H and O–H groups in total. The molecule has 0 radical (unpaired) electrons. The summed E-state index contributed by atoms with van der Waals surface area (Å²) in [5, 5.41) is 0. The quantitative estimate of drug-likeness (QED) is 0.605. The molecule has 2 atom stereocenters. The van der Waals surface area contributed by atoms with Crippen molar-refractivity contribution in [2.24, 2.45) is 5.41 Å². The number of Topliss-reactive ketones (excluding diaryl/α,β-unsaturated/α-hetero) is 1. The summed E-state index contributed by atoms with van der Waals surface area (Å²) < 4.78 is 5.03. The summed E-state index contributed by atoms with van der Waals surface area (Å²) >= 11 is 0.